The highest BCUT2D eigenvalue weighted by Gasteiger charge is 2.16. The molecule has 0 radical (unpaired) electrons. The minimum absolute atomic E-state index is 0.0276. The number of phenolic OH excluding ortho intramolecular Hbond substituents is 1. The molecule has 3 rings (SSSR count). The Morgan fingerprint density at radius 3 is 2.73 bits per heavy atom. The first kappa shape index (κ1) is 14.2. The number of rotatable bonds is 3. The van der Waals surface area contributed by atoms with Crippen molar-refractivity contribution in [2.24, 2.45) is 7.05 Å². The number of nitrogens with zero attached hydrogens (tertiary/aromatic N) is 2. The number of benzene rings is 2. The Balaban J connectivity index is 1.89. The molecule has 0 saturated heterocycles. The van der Waals surface area contributed by atoms with Gasteiger partial charge in [-0.1, -0.05) is 18.2 Å². The number of amides is 1. The molecule has 0 aliphatic rings. The van der Waals surface area contributed by atoms with Crippen LogP contribution in [0.1, 0.15) is 15.9 Å². The molecular formula is C18H18N2O2. The van der Waals surface area contributed by atoms with Gasteiger partial charge in [0.25, 0.3) is 5.91 Å². The van der Waals surface area contributed by atoms with Gasteiger partial charge in [-0.2, -0.15) is 0 Å². The van der Waals surface area contributed by atoms with Gasteiger partial charge in [-0.05, 0) is 35.9 Å². The Kier molecular flexibility index (Phi) is 3.59. The summed E-state index contributed by atoms with van der Waals surface area (Å²) < 4.78 is 2.00. The normalized spacial score (nSPS) is 10.8. The molecule has 4 nitrogen and oxygen atoms in total. The van der Waals surface area contributed by atoms with Gasteiger partial charge in [-0.3, -0.25) is 4.79 Å². The zero-order chi connectivity index (χ0) is 15.7. The van der Waals surface area contributed by atoms with Gasteiger partial charge < -0.3 is 14.6 Å². The lowest BCUT2D eigenvalue weighted by molar-refractivity contribution is 0.0787. The molecule has 0 unspecified atom stereocenters. The minimum atomic E-state index is -0.0276. The first-order chi connectivity index (χ1) is 10.6. The third-order valence-corrected chi connectivity index (χ3v) is 3.84. The van der Waals surface area contributed by atoms with Crippen molar-refractivity contribution in [3.8, 4) is 5.75 Å². The first-order valence-electron chi connectivity index (χ1n) is 7.13. The Labute approximate surface area is 129 Å². The molecule has 112 valence electrons. The molecule has 1 N–H and O–H groups in total. The van der Waals surface area contributed by atoms with Crippen LogP contribution in [0.4, 0.5) is 0 Å². The van der Waals surface area contributed by atoms with Crippen molar-refractivity contribution >= 4 is 16.8 Å². The standard InChI is InChI=1S/C18H18N2O2/c1-19-10-9-15-16(7-4-8-17(15)19)18(22)20(2)12-13-5-3-6-14(21)11-13/h3-11,21H,12H2,1-2H3. The molecular weight excluding hydrogens is 276 g/mol. The van der Waals surface area contributed by atoms with Crippen LogP contribution in [0.2, 0.25) is 0 Å². The summed E-state index contributed by atoms with van der Waals surface area (Å²) in [6, 6.07) is 14.7. The van der Waals surface area contributed by atoms with E-state index in [-0.39, 0.29) is 11.7 Å². The largest absolute Gasteiger partial charge is 0.508 e. The van der Waals surface area contributed by atoms with Crippen LogP contribution in [0.25, 0.3) is 10.9 Å². The average molecular weight is 294 g/mol. The maximum atomic E-state index is 12.7. The van der Waals surface area contributed by atoms with Gasteiger partial charge in [0, 0.05) is 43.3 Å². The highest BCUT2D eigenvalue weighted by Crippen LogP contribution is 2.21. The molecule has 1 aromatic heterocycles. The van der Waals surface area contributed by atoms with E-state index in [0.29, 0.717) is 12.1 Å². The van der Waals surface area contributed by atoms with E-state index in [9.17, 15) is 9.90 Å². The second-order valence-electron chi connectivity index (χ2n) is 5.50. The molecule has 22 heavy (non-hydrogen) atoms. The Bertz CT molecular complexity index is 836. The number of hydrogen-bond donors (Lipinski definition) is 1. The molecule has 1 heterocycles. The number of carbonyl (C=O) groups is 1. The van der Waals surface area contributed by atoms with E-state index < -0.39 is 0 Å². The summed E-state index contributed by atoms with van der Waals surface area (Å²) in [6.45, 7) is 0.455. The van der Waals surface area contributed by atoms with E-state index in [1.807, 2.05) is 48.1 Å². The van der Waals surface area contributed by atoms with E-state index in [2.05, 4.69) is 0 Å². The number of aromatic nitrogens is 1. The van der Waals surface area contributed by atoms with Crippen LogP contribution in [-0.4, -0.2) is 27.5 Å². The quantitative estimate of drug-likeness (QED) is 0.806. The van der Waals surface area contributed by atoms with Crippen molar-refractivity contribution in [3.05, 3.63) is 65.9 Å². The van der Waals surface area contributed by atoms with E-state index in [1.165, 1.54) is 0 Å². The van der Waals surface area contributed by atoms with E-state index in [0.717, 1.165) is 16.5 Å². The number of aryl methyl sites for hydroxylation is 1. The summed E-state index contributed by atoms with van der Waals surface area (Å²) in [5, 5.41) is 10.5. The van der Waals surface area contributed by atoms with Crippen molar-refractivity contribution < 1.29 is 9.90 Å². The number of hydrogen-bond acceptors (Lipinski definition) is 2. The summed E-state index contributed by atoms with van der Waals surface area (Å²) in [5.74, 6) is 0.184. The summed E-state index contributed by atoms with van der Waals surface area (Å²) in [5.41, 5.74) is 2.63. The van der Waals surface area contributed by atoms with Crippen LogP contribution in [0.15, 0.2) is 54.7 Å². The Morgan fingerprint density at radius 2 is 1.95 bits per heavy atom. The topological polar surface area (TPSA) is 45.5 Å². The van der Waals surface area contributed by atoms with Gasteiger partial charge >= 0.3 is 0 Å². The predicted octanol–water partition coefficient (Wildman–Crippen LogP) is 3.16. The summed E-state index contributed by atoms with van der Waals surface area (Å²) in [4.78, 5) is 14.4. The Morgan fingerprint density at radius 1 is 1.18 bits per heavy atom. The van der Waals surface area contributed by atoms with Crippen LogP contribution in [0.3, 0.4) is 0 Å². The SMILES string of the molecule is CN(Cc1cccc(O)c1)C(=O)c1cccc2c1ccn2C. The zero-order valence-corrected chi connectivity index (χ0v) is 12.7. The number of aromatic hydroxyl groups is 1. The fourth-order valence-corrected chi connectivity index (χ4v) is 2.69. The lowest BCUT2D eigenvalue weighted by atomic mass is 10.1. The lowest BCUT2D eigenvalue weighted by Gasteiger charge is -2.18. The highest BCUT2D eigenvalue weighted by molar-refractivity contribution is 6.06. The van der Waals surface area contributed by atoms with Crippen molar-refractivity contribution in [1.82, 2.24) is 9.47 Å². The molecule has 0 saturated carbocycles. The van der Waals surface area contributed by atoms with Gasteiger partial charge in [0.2, 0.25) is 0 Å². The molecule has 0 fully saturated rings. The van der Waals surface area contributed by atoms with Gasteiger partial charge in [0.1, 0.15) is 5.75 Å². The number of phenols is 1. The van der Waals surface area contributed by atoms with Crippen LogP contribution < -0.4 is 0 Å². The molecule has 0 atom stereocenters. The van der Waals surface area contributed by atoms with E-state index in [4.69, 9.17) is 0 Å². The smallest absolute Gasteiger partial charge is 0.254 e. The zero-order valence-electron chi connectivity index (χ0n) is 12.7. The maximum absolute atomic E-state index is 12.7. The van der Waals surface area contributed by atoms with Gasteiger partial charge in [-0.25, -0.2) is 0 Å². The number of fused-ring (bicyclic) bond motifs is 1. The van der Waals surface area contributed by atoms with Gasteiger partial charge in [0.05, 0.1) is 0 Å². The molecule has 2 aromatic carbocycles. The average Bonchev–Trinajstić information content (AvgIpc) is 2.88. The summed E-state index contributed by atoms with van der Waals surface area (Å²) in [7, 11) is 3.74. The number of carbonyl (C=O) groups excluding carboxylic acids is 1. The van der Waals surface area contributed by atoms with Gasteiger partial charge in [0.15, 0.2) is 0 Å². The molecule has 1 amide bonds. The summed E-state index contributed by atoms with van der Waals surface area (Å²) >= 11 is 0. The highest BCUT2D eigenvalue weighted by atomic mass is 16.3. The predicted molar refractivity (Wildman–Crippen MR) is 86.8 cm³/mol. The van der Waals surface area contributed by atoms with E-state index >= 15 is 0 Å². The molecule has 4 heteroatoms. The Hall–Kier alpha value is -2.75. The molecule has 0 bridgehead atoms. The van der Waals surface area contributed by atoms with Gasteiger partial charge in [-0.15, -0.1) is 0 Å². The fraction of sp³-hybridized carbons (Fsp3) is 0.167. The van der Waals surface area contributed by atoms with Crippen LogP contribution in [0, 0.1) is 0 Å². The molecule has 0 aliphatic heterocycles. The van der Waals surface area contributed by atoms with E-state index in [1.54, 1.807) is 30.1 Å². The third kappa shape index (κ3) is 2.55. The molecule has 3 aromatic rings. The monoisotopic (exact) mass is 294 g/mol. The van der Waals surface area contributed by atoms with Crippen molar-refractivity contribution in [1.29, 1.82) is 0 Å². The second-order valence-corrected chi connectivity index (χ2v) is 5.50. The molecule has 0 spiro atoms. The van der Waals surface area contributed by atoms with Crippen molar-refractivity contribution in [2.75, 3.05) is 7.05 Å². The third-order valence-electron chi connectivity index (χ3n) is 3.84. The van der Waals surface area contributed by atoms with Crippen LogP contribution in [-0.2, 0) is 13.6 Å². The lowest BCUT2D eigenvalue weighted by Crippen LogP contribution is -2.26. The van der Waals surface area contributed by atoms with Crippen LogP contribution in [0.5, 0.6) is 5.75 Å². The molecule has 0 aliphatic carbocycles. The summed E-state index contributed by atoms with van der Waals surface area (Å²) in [6.07, 6.45) is 1.96. The van der Waals surface area contributed by atoms with Crippen molar-refractivity contribution in [3.63, 3.8) is 0 Å². The maximum Gasteiger partial charge on any atom is 0.254 e. The van der Waals surface area contributed by atoms with Crippen LogP contribution >= 0.6 is 0 Å². The second kappa shape index (κ2) is 5.56. The fourth-order valence-electron chi connectivity index (χ4n) is 2.69. The minimum Gasteiger partial charge on any atom is -0.508 e. The first-order valence-corrected chi connectivity index (χ1v) is 7.13. The van der Waals surface area contributed by atoms with Crippen molar-refractivity contribution in [2.45, 2.75) is 6.54 Å².